The highest BCUT2D eigenvalue weighted by atomic mass is 16.2. The van der Waals surface area contributed by atoms with E-state index < -0.39 is 0 Å². The Morgan fingerprint density at radius 1 is 1.43 bits per heavy atom. The van der Waals surface area contributed by atoms with Crippen molar-refractivity contribution in [3.05, 3.63) is 35.5 Å². The van der Waals surface area contributed by atoms with Crippen LogP contribution in [0.2, 0.25) is 0 Å². The van der Waals surface area contributed by atoms with Crippen LogP contribution in [0.4, 0.5) is 5.69 Å². The number of nitrogens with one attached hydrogen (secondary N) is 2. The topological polar surface area (TPSA) is 120 Å². The summed E-state index contributed by atoms with van der Waals surface area (Å²) in [5.41, 5.74) is 2.37. The van der Waals surface area contributed by atoms with Gasteiger partial charge in [-0.2, -0.15) is 10.4 Å². The van der Waals surface area contributed by atoms with Crippen molar-refractivity contribution in [2.45, 2.75) is 26.3 Å². The Balaban J connectivity index is 1.94. The first-order valence-corrected chi connectivity index (χ1v) is 8.88. The van der Waals surface area contributed by atoms with Crippen LogP contribution in [0, 0.1) is 11.3 Å². The second-order valence-electron chi connectivity index (χ2n) is 6.48. The van der Waals surface area contributed by atoms with E-state index in [0.29, 0.717) is 47.6 Å². The SMILES string of the molecule is CCC(=O)NCN1C[C@H](C)n2nc(-c3ccc(C#N)cc3NC=O)cc2C1=O. The van der Waals surface area contributed by atoms with Gasteiger partial charge in [0.25, 0.3) is 5.91 Å². The van der Waals surface area contributed by atoms with Crippen LogP contribution in [-0.4, -0.2) is 46.1 Å². The van der Waals surface area contributed by atoms with Gasteiger partial charge in [-0.1, -0.05) is 6.92 Å². The monoisotopic (exact) mass is 380 g/mol. The van der Waals surface area contributed by atoms with Gasteiger partial charge < -0.3 is 15.5 Å². The van der Waals surface area contributed by atoms with Crippen LogP contribution in [0.15, 0.2) is 24.3 Å². The maximum Gasteiger partial charge on any atom is 0.273 e. The third kappa shape index (κ3) is 3.57. The maximum absolute atomic E-state index is 12.8. The highest BCUT2D eigenvalue weighted by molar-refractivity contribution is 5.95. The van der Waals surface area contributed by atoms with E-state index in [1.807, 2.05) is 13.0 Å². The highest BCUT2D eigenvalue weighted by Gasteiger charge is 2.31. The minimum atomic E-state index is -0.230. The number of hydrogen-bond donors (Lipinski definition) is 2. The molecule has 144 valence electrons. The first-order chi connectivity index (χ1) is 13.5. The zero-order valence-corrected chi connectivity index (χ0v) is 15.6. The van der Waals surface area contributed by atoms with E-state index in [0.717, 1.165) is 0 Å². The molecule has 28 heavy (non-hydrogen) atoms. The first-order valence-electron chi connectivity index (χ1n) is 8.88. The molecule has 1 atom stereocenters. The smallest absolute Gasteiger partial charge is 0.273 e. The molecule has 2 N–H and O–H groups in total. The number of carbonyl (C=O) groups is 3. The van der Waals surface area contributed by atoms with E-state index in [1.54, 1.807) is 40.8 Å². The summed E-state index contributed by atoms with van der Waals surface area (Å²) >= 11 is 0. The van der Waals surface area contributed by atoms with Crippen molar-refractivity contribution in [3.8, 4) is 17.3 Å². The van der Waals surface area contributed by atoms with Crippen molar-refractivity contribution in [1.29, 1.82) is 5.26 Å². The average molecular weight is 380 g/mol. The van der Waals surface area contributed by atoms with Crippen LogP contribution in [0.1, 0.15) is 42.4 Å². The first kappa shape index (κ1) is 19.1. The van der Waals surface area contributed by atoms with Crippen LogP contribution in [0.25, 0.3) is 11.3 Å². The fourth-order valence-corrected chi connectivity index (χ4v) is 3.13. The molecule has 2 heterocycles. The predicted molar refractivity (Wildman–Crippen MR) is 101 cm³/mol. The van der Waals surface area contributed by atoms with Crippen LogP contribution in [-0.2, 0) is 9.59 Å². The number of anilines is 1. The molecular weight excluding hydrogens is 360 g/mol. The molecule has 0 saturated carbocycles. The molecule has 0 bridgehead atoms. The number of rotatable bonds is 6. The van der Waals surface area contributed by atoms with E-state index in [1.165, 1.54) is 0 Å². The third-order valence-corrected chi connectivity index (χ3v) is 4.57. The molecule has 0 radical (unpaired) electrons. The van der Waals surface area contributed by atoms with E-state index in [4.69, 9.17) is 5.26 Å². The molecule has 2 aromatic rings. The van der Waals surface area contributed by atoms with Gasteiger partial charge in [0.2, 0.25) is 12.3 Å². The number of amides is 3. The number of hydrogen-bond acceptors (Lipinski definition) is 5. The molecule has 0 unspecified atom stereocenters. The second-order valence-corrected chi connectivity index (χ2v) is 6.48. The van der Waals surface area contributed by atoms with Gasteiger partial charge in [-0.25, -0.2) is 0 Å². The summed E-state index contributed by atoms with van der Waals surface area (Å²) in [7, 11) is 0. The normalized spacial score (nSPS) is 15.5. The van der Waals surface area contributed by atoms with Crippen molar-refractivity contribution in [3.63, 3.8) is 0 Å². The minimum absolute atomic E-state index is 0.0826. The Bertz CT molecular complexity index is 975. The zero-order valence-electron chi connectivity index (χ0n) is 15.6. The average Bonchev–Trinajstić information content (AvgIpc) is 3.15. The van der Waals surface area contributed by atoms with Crippen molar-refractivity contribution in [2.24, 2.45) is 0 Å². The Hall–Kier alpha value is -3.67. The molecule has 0 aliphatic carbocycles. The molecule has 1 aromatic heterocycles. The Kier molecular flexibility index (Phi) is 5.40. The third-order valence-electron chi connectivity index (χ3n) is 4.57. The zero-order chi connectivity index (χ0) is 20.3. The fraction of sp³-hybridized carbons (Fsp3) is 0.316. The number of benzene rings is 1. The number of aromatic nitrogens is 2. The molecule has 3 amide bonds. The van der Waals surface area contributed by atoms with Crippen LogP contribution >= 0.6 is 0 Å². The van der Waals surface area contributed by atoms with E-state index >= 15 is 0 Å². The molecule has 3 rings (SSSR count). The summed E-state index contributed by atoms with van der Waals surface area (Å²) in [6.45, 7) is 4.25. The summed E-state index contributed by atoms with van der Waals surface area (Å²) in [4.78, 5) is 36.8. The lowest BCUT2D eigenvalue weighted by Gasteiger charge is -2.31. The van der Waals surface area contributed by atoms with Crippen molar-refractivity contribution >= 4 is 23.9 Å². The summed E-state index contributed by atoms with van der Waals surface area (Å²) in [6.07, 6.45) is 0.882. The summed E-state index contributed by atoms with van der Waals surface area (Å²) in [5, 5.41) is 18.9. The Morgan fingerprint density at radius 2 is 2.21 bits per heavy atom. The number of nitrogens with zero attached hydrogens (tertiary/aromatic N) is 4. The quantitative estimate of drug-likeness (QED) is 0.736. The lowest BCUT2D eigenvalue weighted by molar-refractivity contribution is -0.121. The Morgan fingerprint density at radius 3 is 2.89 bits per heavy atom. The molecular formula is C19H20N6O3. The molecule has 0 spiro atoms. The minimum Gasteiger partial charge on any atom is -0.338 e. The van der Waals surface area contributed by atoms with Gasteiger partial charge in [0, 0.05) is 18.5 Å². The van der Waals surface area contributed by atoms with Gasteiger partial charge in [0.1, 0.15) is 5.69 Å². The molecule has 1 aromatic carbocycles. The number of fused-ring (bicyclic) bond motifs is 1. The lowest BCUT2D eigenvalue weighted by Crippen LogP contribution is -2.47. The summed E-state index contributed by atoms with van der Waals surface area (Å²) in [6, 6.07) is 8.47. The van der Waals surface area contributed by atoms with Gasteiger partial charge >= 0.3 is 0 Å². The molecule has 0 saturated heterocycles. The van der Waals surface area contributed by atoms with E-state index in [9.17, 15) is 14.4 Å². The van der Waals surface area contributed by atoms with Crippen molar-refractivity contribution in [2.75, 3.05) is 18.5 Å². The van der Waals surface area contributed by atoms with Gasteiger partial charge in [-0.3, -0.25) is 19.1 Å². The van der Waals surface area contributed by atoms with Gasteiger partial charge in [-0.05, 0) is 31.2 Å². The number of nitriles is 1. The highest BCUT2D eigenvalue weighted by Crippen LogP contribution is 2.31. The molecule has 9 nitrogen and oxygen atoms in total. The van der Waals surface area contributed by atoms with Crippen LogP contribution in [0.3, 0.4) is 0 Å². The molecule has 9 heteroatoms. The van der Waals surface area contributed by atoms with Gasteiger partial charge in [0.05, 0.1) is 35.7 Å². The van der Waals surface area contributed by atoms with Gasteiger partial charge in [-0.15, -0.1) is 0 Å². The maximum atomic E-state index is 12.8. The van der Waals surface area contributed by atoms with Crippen LogP contribution < -0.4 is 10.6 Å². The van der Waals surface area contributed by atoms with Gasteiger partial charge in [0.15, 0.2) is 0 Å². The molecule has 1 aliphatic heterocycles. The summed E-state index contributed by atoms with van der Waals surface area (Å²) < 4.78 is 1.65. The standard InChI is InChI=1S/C19H20N6O3/c1-3-18(27)21-10-24-9-12(2)25-17(19(24)28)7-16(23-25)14-5-4-13(8-20)6-15(14)22-11-26/h4-7,11-12H,3,9-10H2,1-2H3,(H,21,27)(H,22,26)/t12-/m0/s1. The summed E-state index contributed by atoms with van der Waals surface area (Å²) in [5.74, 6) is -0.353. The van der Waals surface area contributed by atoms with E-state index in [2.05, 4.69) is 15.7 Å². The van der Waals surface area contributed by atoms with Crippen molar-refractivity contribution < 1.29 is 14.4 Å². The molecule has 0 fully saturated rings. The molecule has 1 aliphatic rings. The lowest BCUT2D eigenvalue weighted by atomic mass is 10.1. The Labute approximate surface area is 161 Å². The number of carbonyl (C=O) groups excluding carboxylic acids is 3. The predicted octanol–water partition coefficient (Wildman–Crippen LogP) is 1.49. The van der Waals surface area contributed by atoms with Crippen molar-refractivity contribution in [1.82, 2.24) is 20.0 Å². The van der Waals surface area contributed by atoms with Crippen LogP contribution in [0.5, 0.6) is 0 Å². The fourth-order valence-electron chi connectivity index (χ4n) is 3.13. The van der Waals surface area contributed by atoms with E-state index in [-0.39, 0.29) is 24.5 Å². The second kappa shape index (κ2) is 7.92. The largest absolute Gasteiger partial charge is 0.338 e.